The van der Waals surface area contributed by atoms with Gasteiger partial charge in [-0.3, -0.25) is 4.79 Å². The highest BCUT2D eigenvalue weighted by atomic mass is 16.5. The van der Waals surface area contributed by atoms with Crippen LogP contribution in [0.3, 0.4) is 0 Å². The monoisotopic (exact) mass is 406 g/mol. The Bertz CT molecular complexity index is 950. The lowest BCUT2D eigenvalue weighted by molar-refractivity contribution is 0.0498. The fourth-order valence-electron chi connectivity index (χ4n) is 3.23. The Morgan fingerprint density at radius 1 is 1.03 bits per heavy atom. The molecule has 4 rings (SSSR count). The molecule has 156 valence electrons. The number of benzene rings is 2. The number of carbonyl (C=O) groups excluding carboxylic acids is 1. The van der Waals surface area contributed by atoms with E-state index in [1.165, 1.54) is 0 Å². The van der Waals surface area contributed by atoms with Crippen molar-refractivity contribution >= 4 is 5.91 Å². The Labute approximate surface area is 176 Å². The summed E-state index contributed by atoms with van der Waals surface area (Å²) in [7, 11) is 0. The molecule has 0 saturated carbocycles. The second-order valence-electron chi connectivity index (χ2n) is 7.38. The highest BCUT2D eigenvalue weighted by molar-refractivity contribution is 5.94. The van der Waals surface area contributed by atoms with E-state index < -0.39 is 0 Å². The number of likely N-dealkylation sites (tertiary alicyclic amines) is 1. The third-order valence-electron chi connectivity index (χ3n) is 5.08. The van der Waals surface area contributed by atoms with Crippen LogP contribution in [-0.2, 0) is 6.61 Å². The van der Waals surface area contributed by atoms with Crippen LogP contribution in [0.15, 0.2) is 60.8 Å². The average molecular weight is 406 g/mol. The number of carbonyl (C=O) groups is 1. The molecule has 1 aliphatic rings. The number of hydrogen-bond acceptors (Lipinski definition) is 5. The Kier molecular flexibility index (Phi) is 6.27. The minimum atomic E-state index is 0.0270. The van der Waals surface area contributed by atoms with E-state index in [4.69, 9.17) is 9.47 Å². The summed E-state index contributed by atoms with van der Waals surface area (Å²) in [6.45, 7) is 4.44. The average Bonchev–Trinajstić information content (AvgIpc) is 3.21. The minimum absolute atomic E-state index is 0.0270. The van der Waals surface area contributed by atoms with Crippen molar-refractivity contribution in [2.45, 2.75) is 32.4 Å². The molecule has 7 nitrogen and oxygen atoms in total. The van der Waals surface area contributed by atoms with Crippen LogP contribution in [-0.4, -0.2) is 45.5 Å². The van der Waals surface area contributed by atoms with Crippen LogP contribution in [0.4, 0.5) is 0 Å². The number of unbranched alkanes of at least 4 members (excludes halogenated alkanes) is 1. The van der Waals surface area contributed by atoms with Crippen molar-refractivity contribution in [3.8, 4) is 11.5 Å². The number of nitrogens with zero attached hydrogens (tertiary/aromatic N) is 4. The highest BCUT2D eigenvalue weighted by Gasteiger charge is 2.33. The van der Waals surface area contributed by atoms with Gasteiger partial charge in [0.2, 0.25) is 0 Å². The molecule has 2 heterocycles. The molecule has 0 bridgehead atoms. The molecule has 30 heavy (non-hydrogen) atoms. The van der Waals surface area contributed by atoms with Gasteiger partial charge in [0, 0.05) is 18.7 Å². The molecule has 1 fully saturated rings. The van der Waals surface area contributed by atoms with Gasteiger partial charge in [0.1, 0.15) is 23.8 Å². The summed E-state index contributed by atoms with van der Waals surface area (Å²) >= 11 is 0. The number of aromatic nitrogens is 3. The number of hydrogen-bond donors (Lipinski definition) is 0. The molecule has 0 radical (unpaired) electrons. The zero-order valence-electron chi connectivity index (χ0n) is 17.1. The Hall–Kier alpha value is -3.35. The van der Waals surface area contributed by atoms with Crippen molar-refractivity contribution in [2.75, 3.05) is 19.7 Å². The van der Waals surface area contributed by atoms with Crippen molar-refractivity contribution in [2.24, 2.45) is 0 Å². The molecule has 1 saturated heterocycles. The maximum Gasteiger partial charge on any atom is 0.254 e. The summed E-state index contributed by atoms with van der Waals surface area (Å²) in [5.41, 5.74) is 1.44. The van der Waals surface area contributed by atoms with Gasteiger partial charge < -0.3 is 14.4 Å². The van der Waals surface area contributed by atoms with Gasteiger partial charge in [-0.1, -0.05) is 36.8 Å². The molecule has 0 unspecified atom stereocenters. The molecule has 7 heteroatoms. The number of ether oxygens (including phenoxy) is 2. The maximum absolute atomic E-state index is 12.7. The first-order valence-electron chi connectivity index (χ1n) is 10.3. The maximum atomic E-state index is 12.7. The van der Waals surface area contributed by atoms with E-state index in [9.17, 15) is 4.79 Å². The SMILES string of the molecule is CCCCOc1ccc(C(=O)N2CC(n3cc(COc4ccccc4)nn3)C2)cc1. The third kappa shape index (κ3) is 4.79. The van der Waals surface area contributed by atoms with E-state index in [1.807, 2.05) is 70.4 Å². The first-order chi connectivity index (χ1) is 14.7. The summed E-state index contributed by atoms with van der Waals surface area (Å²) in [4.78, 5) is 14.5. The van der Waals surface area contributed by atoms with Gasteiger partial charge in [-0.25, -0.2) is 4.68 Å². The Balaban J connectivity index is 1.25. The summed E-state index contributed by atoms with van der Waals surface area (Å²) in [6, 6.07) is 17.1. The standard InChI is InChI=1S/C23H26N4O3/c1-2-3-13-29-22-11-9-18(10-12-22)23(28)26-15-20(16-26)27-14-19(24-25-27)17-30-21-7-5-4-6-8-21/h4-12,14,20H,2-3,13,15-17H2,1H3. The van der Waals surface area contributed by atoms with Crippen molar-refractivity contribution < 1.29 is 14.3 Å². The van der Waals surface area contributed by atoms with Gasteiger partial charge >= 0.3 is 0 Å². The molecule has 0 atom stereocenters. The lowest BCUT2D eigenvalue weighted by Gasteiger charge is -2.38. The smallest absolute Gasteiger partial charge is 0.254 e. The fraction of sp³-hybridized carbons (Fsp3) is 0.348. The Morgan fingerprint density at radius 2 is 1.77 bits per heavy atom. The fourth-order valence-corrected chi connectivity index (χ4v) is 3.23. The zero-order chi connectivity index (χ0) is 20.8. The van der Waals surface area contributed by atoms with Gasteiger partial charge in [0.25, 0.3) is 5.91 Å². The van der Waals surface area contributed by atoms with Gasteiger partial charge in [0.15, 0.2) is 0 Å². The highest BCUT2D eigenvalue weighted by Crippen LogP contribution is 2.24. The third-order valence-corrected chi connectivity index (χ3v) is 5.08. The van der Waals surface area contributed by atoms with Gasteiger partial charge in [0.05, 0.1) is 18.8 Å². The predicted molar refractivity (Wildman–Crippen MR) is 113 cm³/mol. The molecule has 3 aromatic rings. The summed E-state index contributed by atoms with van der Waals surface area (Å²) < 4.78 is 13.2. The molecule has 0 aliphatic carbocycles. The van der Waals surface area contributed by atoms with Crippen LogP contribution < -0.4 is 9.47 Å². The van der Waals surface area contributed by atoms with Crippen molar-refractivity contribution in [3.05, 3.63) is 72.1 Å². The second-order valence-corrected chi connectivity index (χ2v) is 7.38. The minimum Gasteiger partial charge on any atom is -0.494 e. The normalized spacial score (nSPS) is 13.7. The second kappa shape index (κ2) is 9.43. The van der Waals surface area contributed by atoms with Gasteiger partial charge in [-0.05, 0) is 42.8 Å². The van der Waals surface area contributed by atoms with Crippen LogP contribution in [0, 0.1) is 0 Å². The molecule has 1 aliphatic heterocycles. The first-order valence-corrected chi connectivity index (χ1v) is 10.3. The summed E-state index contributed by atoms with van der Waals surface area (Å²) in [5.74, 6) is 1.63. The van der Waals surface area contributed by atoms with Crippen molar-refractivity contribution in [1.82, 2.24) is 19.9 Å². The van der Waals surface area contributed by atoms with Crippen molar-refractivity contribution in [1.29, 1.82) is 0 Å². The first kappa shape index (κ1) is 19.9. The molecule has 2 aromatic carbocycles. The Morgan fingerprint density at radius 3 is 2.50 bits per heavy atom. The molecule has 0 N–H and O–H groups in total. The molecular weight excluding hydrogens is 380 g/mol. The van der Waals surface area contributed by atoms with Gasteiger partial charge in [-0.2, -0.15) is 0 Å². The van der Waals surface area contributed by atoms with E-state index in [1.54, 1.807) is 0 Å². The molecular formula is C23H26N4O3. The van der Waals surface area contributed by atoms with E-state index in [-0.39, 0.29) is 11.9 Å². The van der Waals surface area contributed by atoms with Crippen LogP contribution in [0.2, 0.25) is 0 Å². The lowest BCUT2D eigenvalue weighted by atomic mass is 10.1. The van der Waals surface area contributed by atoms with Crippen LogP contribution in [0.25, 0.3) is 0 Å². The lowest BCUT2D eigenvalue weighted by Crippen LogP contribution is -2.50. The van der Waals surface area contributed by atoms with E-state index in [0.717, 1.165) is 30.0 Å². The molecule has 1 amide bonds. The van der Waals surface area contributed by atoms with E-state index >= 15 is 0 Å². The van der Waals surface area contributed by atoms with E-state index in [0.29, 0.717) is 31.9 Å². The van der Waals surface area contributed by atoms with Gasteiger partial charge in [-0.15, -0.1) is 5.10 Å². The molecule has 1 aromatic heterocycles. The van der Waals surface area contributed by atoms with Crippen LogP contribution in [0.5, 0.6) is 11.5 Å². The quantitative estimate of drug-likeness (QED) is 0.507. The van der Waals surface area contributed by atoms with Crippen molar-refractivity contribution in [3.63, 3.8) is 0 Å². The topological polar surface area (TPSA) is 69.5 Å². The zero-order valence-corrected chi connectivity index (χ0v) is 17.1. The van der Waals surface area contributed by atoms with Crippen LogP contribution >= 0.6 is 0 Å². The molecule has 0 spiro atoms. The number of amides is 1. The summed E-state index contributed by atoms with van der Waals surface area (Å²) in [5, 5.41) is 8.37. The van der Waals surface area contributed by atoms with E-state index in [2.05, 4.69) is 17.2 Å². The summed E-state index contributed by atoms with van der Waals surface area (Å²) in [6.07, 6.45) is 4.01. The number of para-hydroxylation sites is 1. The van der Waals surface area contributed by atoms with Crippen LogP contribution in [0.1, 0.15) is 41.9 Å². The number of rotatable bonds is 9. The predicted octanol–water partition coefficient (Wildman–Crippen LogP) is 3.73. The largest absolute Gasteiger partial charge is 0.494 e.